The summed E-state index contributed by atoms with van der Waals surface area (Å²) in [5.74, 6) is 0.729. The van der Waals surface area contributed by atoms with Gasteiger partial charge >= 0.3 is 0 Å². The van der Waals surface area contributed by atoms with Gasteiger partial charge in [-0.15, -0.1) is 0 Å². The van der Waals surface area contributed by atoms with Crippen LogP contribution in [0.4, 0.5) is 0 Å². The van der Waals surface area contributed by atoms with Gasteiger partial charge in [-0.1, -0.05) is 48.5 Å². The monoisotopic (exact) mass is 423 g/mol. The van der Waals surface area contributed by atoms with Crippen molar-refractivity contribution >= 4 is 11.8 Å². The summed E-state index contributed by atoms with van der Waals surface area (Å²) in [5, 5.41) is 3.06. The van der Waals surface area contributed by atoms with Crippen LogP contribution in [0.2, 0.25) is 0 Å². The molecule has 6 nitrogen and oxygen atoms in total. The Morgan fingerprint density at radius 3 is 2.65 bits per heavy atom. The number of methoxy groups -OCH3 is 1. The molecule has 1 N–H and O–H groups in total. The normalized spacial score (nSPS) is 16.4. The van der Waals surface area contributed by atoms with E-state index >= 15 is 0 Å². The van der Waals surface area contributed by atoms with Gasteiger partial charge < -0.3 is 19.9 Å². The number of para-hydroxylation sites is 1. The van der Waals surface area contributed by atoms with Gasteiger partial charge in [-0.25, -0.2) is 0 Å². The molecule has 2 amide bonds. The number of amides is 2. The summed E-state index contributed by atoms with van der Waals surface area (Å²) >= 11 is 0. The van der Waals surface area contributed by atoms with E-state index in [0.717, 1.165) is 30.8 Å². The van der Waals surface area contributed by atoms with Gasteiger partial charge in [0.15, 0.2) is 0 Å². The summed E-state index contributed by atoms with van der Waals surface area (Å²) in [5.41, 5.74) is 2.28. The van der Waals surface area contributed by atoms with E-state index in [0.29, 0.717) is 32.5 Å². The number of piperidine rings is 1. The van der Waals surface area contributed by atoms with Crippen LogP contribution >= 0.6 is 0 Å². The highest BCUT2D eigenvalue weighted by Gasteiger charge is 2.30. The minimum atomic E-state index is -0.165. The molecular formula is C25H33N3O3. The molecular weight excluding hydrogens is 390 g/mol. The maximum Gasteiger partial charge on any atom is 0.224 e. The summed E-state index contributed by atoms with van der Waals surface area (Å²) < 4.78 is 5.40. The van der Waals surface area contributed by atoms with Crippen molar-refractivity contribution in [1.82, 2.24) is 15.1 Å². The maximum absolute atomic E-state index is 12.7. The Labute approximate surface area is 185 Å². The lowest BCUT2D eigenvalue weighted by molar-refractivity contribution is -0.138. The van der Waals surface area contributed by atoms with Crippen LogP contribution in [0.3, 0.4) is 0 Å². The predicted molar refractivity (Wildman–Crippen MR) is 122 cm³/mol. The molecule has 0 spiro atoms. The second-order valence-electron chi connectivity index (χ2n) is 8.15. The lowest BCUT2D eigenvalue weighted by Crippen LogP contribution is -2.46. The molecule has 0 aliphatic carbocycles. The number of rotatable bonds is 10. The zero-order valence-corrected chi connectivity index (χ0v) is 18.5. The first-order chi connectivity index (χ1) is 15.1. The van der Waals surface area contributed by atoms with Crippen molar-refractivity contribution < 1.29 is 14.3 Å². The topological polar surface area (TPSA) is 61.9 Å². The van der Waals surface area contributed by atoms with Crippen LogP contribution in [-0.2, 0) is 22.6 Å². The average molecular weight is 424 g/mol. The number of nitrogens with one attached hydrogen (secondary N) is 1. The van der Waals surface area contributed by atoms with E-state index in [2.05, 4.69) is 41.5 Å². The van der Waals surface area contributed by atoms with Gasteiger partial charge in [0.25, 0.3) is 0 Å². The fraction of sp³-hybridized carbons (Fsp3) is 0.440. The predicted octanol–water partition coefficient (Wildman–Crippen LogP) is 2.72. The van der Waals surface area contributed by atoms with Gasteiger partial charge in [0.05, 0.1) is 13.0 Å². The average Bonchev–Trinajstić information content (AvgIpc) is 2.80. The summed E-state index contributed by atoms with van der Waals surface area (Å²) in [6.45, 7) is 3.28. The molecule has 1 aliphatic rings. The first kappa shape index (κ1) is 22.8. The van der Waals surface area contributed by atoms with Gasteiger partial charge in [0.2, 0.25) is 11.8 Å². The quantitative estimate of drug-likeness (QED) is 0.638. The zero-order valence-electron chi connectivity index (χ0n) is 18.5. The van der Waals surface area contributed by atoms with E-state index < -0.39 is 0 Å². The standard InChI is InChI=1S/C25H33N3O3/c1-27(16-14-20-8-4-3-5-9-20)17-15-26-25(30)22-12-13-24(29)28(19-22)18-21-10-6-7-11-23(21)31-2/h3-11,22H,12-19H2,1-2H3,(H,26,30)/t22-/m0/s1. The van der Waals surface area contributed by atoms with Crippen LogP contribution < -0.4 is 10.1 Å². The van der Waals surface area contributed by atoms with Gasteiger partial charge in [0, 0.05) is 44.7 Å². The molecule has 1 heterocycles. The lowest BCUT2D eigenvalue weighted by atomic mass is 9.96. The third-order valence-corrected chi connectivity index (χ3v) is 5.84. The number of likely N-dealkylation sites (tertiary alicyclic amines) is 1. The molecule has 6 heteroatoms. The number of carbonyl (C=O) groups is 2. The van der Waals surface area contributed by atoms with Crippen LogP contribution in [0.15, 0.2) is 54.6 Å². The number of likely N-dealkylation sites (N-methyl/N-ethyl adjacent to an activating group) is 1. The molecule has 0 aromatic heterocycles. The third kappa shape index (κ3) is 6.82. The van der Waals surface area contributed by atoms with Gasteiger partial charge in [-0.05, 0) is 31.5 Å². The van der Waals surface area contributed by atoms with Crippen molar-refractivity contribution in [3.05, 3.63) is 65.7 Å². The molecule has 1 fully saturated rings. The molecule has 166 valence electrons. The van der Waals surface area contributed by atoms with E-state index in [4.69, 9.17) is 4.74 Å². The molecule has 31 heavy (non-hydrogen) atoms. The number of carbonyl (C=O) groups excluding carboxylic acids is 2. The van der Waals surface area contributed by atoms with Crippen molar-refractivity contribution in [1.29, 1.82) is 0 Å². The molecule has 0 bridgehead atoms. The number of hydrogen-bond donors (Lipinski definition) is 1. The Morgan fingerprint density at radius 1 is 1.13 bits per heavy atom. The van der Waals surface area contributed by atoms with Crippen LogP contribution in [0.25, 0.3) is 0 Å². The first-order valence-corrected chi connectivity index (χ1v) is 11.0. The number of hydrogen-bond acceptors (Lipinski definition) is 4. The van der Waals surface area contributed by atoms with Crippen molar-refractivity contribution in [2.24, 2.45) is 5.92 Å². The van der Waals surface area contributed by atoms with Gasteiger partial charge in [-0.2, -0.15) is 0 Å². The lowest BCUT2D eigenvalue weighted by Gasteiger charge is -2.32. The van der Waals surface area contributed by atoms with E-state index in [-0.39, 0.29) is 17.7 Å². The number of nitrogens with zero attached hydrogens (tertiary/aromatic N) is 2. The third-order valence-electron chi connectivity index (χ3n) is 5.84. The molecule has 1 atom stereocenters. The second-order valence-corrected chi connectivity index (χ2v) is 8.15. The highest BCUT2D eigenvalue weighted by Crippen LogP contribution is 2.24. The maximum atomic E-state index is 12.7. The zero-order chi connectivity index (χ0) is 22.1. The molecule has 0 unspecified atom stereocenters. The molecule has 1 aliphatic heterocycles. The summed E-state index contributed by atoms with van der Waals surface area (Å²) in [6, 6.07) is 18.1. The number of benzene rings is 2. The molecule has 0 saturated carbocycles. The van der Waals surface area contributed by atoms with Crippen LogP contribution in [0.1, 0.15) is 24.0 Å². The fourth-order valence-corrected chi connectivity index (χ4v) is 3.91. The van der Waals surface area contributed by atoms with Crippen LogP contribution in [0.5, 0.6) is 5.75 Å². The van der Waals surface area contributed by atoms with Gasteiger partial charge in [0.1, 0.15) is 5.75 Å². The minimum Gasteiger partial charge on any atom is -0.496 e. The van der Waals surface area contributed by atoms with Crippen molar-refractivity contribution in [3.63, 3.8) is 0 Å². The van der Waals surface area contributed by atoms with E-state index in [1.54, 1.807) is 12.0 Å². The molecule has 0 radical (unpaired) electrons. The second kappa shape index (κ2) is 11.5. The van der Waals surface area contributed by atoms with E-state index in [1.165, 1.54) is 5.56 Å². The smallest absolute Gasteiger partial charge is 0.224 e. The highest BCUT2D eigenvalue weighted by atomic mass is 16.5. The van der Waals surface area contributed by atoms with Gasteiger partial charge in [-0.3, -0.25) is 9.59 Å². The largest absolute Gasteiger partial charge is 0.496 e. The minimum absolute atomic E-state index is 0.0361. The number of ether oxygens (including phenoxy) is 1. The van der Waals surface area contributed by atoms with E-state index in [1.807, 2.05) is 30.3 Å². The van der Waals surface area contributed by atoms with Crippen LogP contribution in [0, 0.1) is 5.92 Å². The first-order valence-electron chi connectivity index (χ1n) is 11.0. The van der Waals surface area contributed by atoms with Crippen molar-refractivity contribution in [2.75, 3.05) is 40.3 Å². The molecule has 3 rings (SSSR count). The highest BCUT2D eigenvalue weighted by molar-refractivity contribution is 5.83. The fourth-order valence-electron chi connectivity index (χ4n) is 3.91. The summed E-state index contributed by atoms with van der Waals surface area (Å²) in [4.78, 5) is 29.1. The van der Waals surface area contributed by atoms with Crippen molar-refractivity contribution in [2.45, 2.75) is 25.8 Å². The SMILES string of the molecule is COc1ccccc1CN1C[C@@H](C(=O)NCCN(C)CCc2ccccc2)CCC1=O. The van der Waals surface area contributed by atoms with Crippen molar-refractivity contribution in [3.8, 4) is 5.75 Å². The van der Waals surface area contributed by atoms with Crippen LogP contribution in [-0.4, -0.2) is 62.0 Å². The summed E-state index contributed by atoms with van der Waals surface area (Å²) in [6.07, 6.45) is 2.01. The summed E-state index contributed by atoms with van der Waals surface area (Å²) in [7, 11) is 3.70. The Hall–Kier alpha value is -2.86. The molecule has 2 aromatic carbocycles. The molecule has 1 saturated heterocycles. The Balaban J connectivity index is 1.43. The Kier molecular flexibility index (Phi) is 8.47. The Bertz CT molecular complexity index is 856. The Morgan fingerprint density at radius 2 is 1.87 bits per heavy atom. The molecule has 2 aromatic rings. The van der Waals surface area contributed by atoms with E-state index in [9.17, 15) is 9.59 Å².